The van der Waals surface area contributed by atoms with Gasteiger partial charge in [-0.3, -0.25) is 4.79 Å². The molecule has 1 N–H and O–H groups in total. The fourth-order valence-electron chi connectivity index (χ4n) is 2.01. The normalized spacial score (nSPS) is 10.4. The Kier molecular flexibility index (Phi) is 5.08. The number of rotatable bonds is 6. The first-order valence-corrected chi connectivity index (χ1v) is 7.65. The van der Waals surface area contributed by atoms with E-state index in [-0.39, 0.29) is 12.5 Å². The molecule has 0 radical (unpaired) electrons. The minimum absolute atomic E-state index is 0.247. The monoisotopic (exact) mass is 343 g/mol. The van der Waals surface area contributed by atoms with E-state index in [4.69, 9.17) is 20.8 Å². The van der Waals surface area contributed by atoms with E-state index in [9.17, 15) is 4.79 Å². The third kappa shape index (κ3) is 3.91. The Hall–Kier alpha value is -2.86. The van der Waals surface area contributed by atoms with E-state index in [0.717, 1.165) is 0 Å². The average Bonchev–Trinajstić information content (AvgIpc) is 3.14. The second-order valence-corrected chi connectivity index (χ2v) is 5.23. The van der Waals surface area contributed by atoms with Gasteiger partial charge in [-0.1, -0.05) is 23.7 Å². The largest absolute Gasteiger partial charge is 0.475 e. The molecule has 0 unspecified atom stereocenters. The summed E-state index contributed by atoms with van der Waals surface area (Å²) in [7, 11) is 0. The van der Waals surface area contributed by atoms with Gasteiger partial charge in [0.15, 0.2) is 5.76 Å². The lowest BCUT2D eigenvalue weighted by Gasteiger charge is -2.08. The molecule has 122 valence electrons. The lowest BCUT2D eigenvalue weighted by atomic mass is 10.2. The quantitative estimate of drug-likeness (QED) is 0.695. The molecule has 3 rings (SSSR count). The van der Waals surface area contributed by atoms with Crippen molar-refractivity contribution in [2.75, 3.05) is 13.2 Å². The third-order valence-corrected chi connectivity index (χ3v) is 3.50. The van der Waals surface area contributed by atoms with E-state index in [1.807, 2.05) is 0 Å². The highest BCUT2D eigenvalue weighted by molar-refractivity contribution is 6.33. The summed E-state index contributed by atoms with van der Waals surface area (Å²) in [5.74, 6) is 0.766. The molecule has 0 aliphatic heterocycles. The molecule has 0 saturated carbocycles. The van der Waals surface area contributed by atoms with Gasteiger partial charge in [0.05, 0.1) is 23.4 Å². The van der Waals surface area contributed by atoms with E-state index < -0.39 is 0 Å². The Balaban J connectivity index is 1.47. The maximum absolute atomic E-state index is 12.0. The minimum Gasteiger partial charge on any atom is -0.475 e. The number of nitrogens with zero attached hydrogens (tertiary/aromatic N) is 2. The number of aromatic nitrogens is 2. The van der Waals surface area contributed by atoms with Crippen molar-refractivity contribution in [2.24, 2.45) is 0 Å². The molecular weight excluding hydrogens is 330 g/mol. The highest BCUT2D eigenvalue weighted by Crippen LogP contribution is 2.17. The molecule has 0 spiro atoms. The number of amides is 1. The van der Waals surface area contributed by atoms with Crippen LogP contribution in [-0.4, -0.2) is 29.3 Å². The van der Waals surface area contributed by atoms with Gasteiger partial charge in [0, 0.05) is 6.07 Å². The Morgan fingerprint density at radius 2 is 2.00 bits per heavy atom. The summed E-state index contributed by atoms with van der Waals surface area (Å²) in [5.41, 5.74) is 1.06. The van der Waals surface area contributed by atoms with Crippen LogP contribution in [0.2, 0.25) is 5.02 Å². The Labute approximate surface area is 143 Å². The van der Waals surface area contributed by atoms with E-state index in [1.54, 1.807) is 54.8 Å². The van der Waals surface area contributed by atoms with Crippen LogP contribution in [0.25, 0.3) is 11.5 Å². The fraction of sp³-hybridized carbons (Fsp3) is 0.118. The van der Waals surface area contributed by atoms with Gasteiger partial charge < -0.3 is 14.5 Å². The Bertz CT molecular complexity index is 804. The Morgan fingerprint density at radius 1 is 1.12 bits per heavy atom. The highest BCUT2D eigenvalue weighted by Gasteiger charge is 2.09. The summed E-state index contributed by atoms with van der Waals surface area (Å²) >= 11 is 5.97. The zero-order valence-electron chi connectivity index (χ0n) is 12.6. The van der Waals surface area contributed by atoms with Crippen LogP contribution < -0.4 is 10.1 Å². The van der Waals surface area contributed by atoms with Crippen molar-refractivity contribution in [1.29, 1.82) is 0 Å². The van der Waals surface area contributed by atoms with Crippen molar-refractivity contribution in [3.05, 3.63) is 65.4 Å². The third-order valence-electron chi connectivity index (χ3n) is 3.17. The van der Waals surface area contributed by atoms with Crippen molar-refractivity contribution < 1.29 is 13.9 Å². The SMILES string of the molecule is O=C(NCCOc1ccc(-c2ccco2)nn1)c1ccccc1Cl. The topological polar surface area (TPSA) is 77.2 Å². The molecule has 24 heavy (non-hydrogen) atoms. The minimum atomic E-state index is -0.247. The lowest BCUT2D eigenvalue weighted by Crippen LogP contribution is -2.28. The van der Waals surface area contributed by atoms with Gasteiger partial charge in [0.25, 0.3) is 5.91 Å². The molecule has 3 aromatic rings. The van der Waals surface area contributed by atoms with Crippen LogP contribution in [0, 0.1) is 0 Å². The number of nitrogens with one attached hydrogen (secondary N) is 1. The number of halogens is 1. The van der Waals surface area contributed by atoms with Gasteiger partial charge in [0.2, 0.25) is 5.88 Å². The van der Waals surface area contributed by atoms with Crippen molar-refractivity contribution in [3.63, 3.8) is 0 Å². The summed E-state index contributed by atoms with van der Waals surface area (Å²) in [6.45, 7) is 0.594. The van der Waals surface area contributed by atoms with Crippen LogP contribution in [0.3, 0.4) is 0 Å². The summed E-state index contributed by atoms with van der Waals surface area (Å²) in [6, 6.07) is 13.9. The number of hydrogen-bond donors (Lipinski definition) is 1. The van der Waals surface area contributed by atoms with Gasteiger partial charge in [-0.2, -0.15) is 0 Å². The highest BCUT2D eigenvalue weighted by atomic mass is 35.5. The molecule has 1 amide bonds. The van der Waals surface area contributed by atoms with Crippen molar-refractivity contribution in [1.82, 2.24) is 15.5 Å². The maximum atomic E-state index is 12.0. The second-order valence-electron chi connectivity index (χ2n) is 4.82. The molecular formula is C17H14ClN3O3. The molecule has 0 aliphatic carbocycles. The zero-order valence-corrected chi connectivity index (χ0v) is 13.4. The number of furan rings is 1. The van der Waals surface area contributed by atoms with Crippen molar-refractivity contribution in [2.45, 2.75) is 0 Å². The summed E-state index contributed by atoms with van der Waals surface area (Å²) in [6.07, 6.45) is 1.57. The van der Waals surface area contributed by atoms with E-state index in [2.05, 4.69) is 15.5 Å². The number of carbonyl (C=O) groups excluding carboxylic acids is 1. The predicted molar refractivity (Wildman–Crippen MR) is 89.0 cm³/mol. The first-order chi connectivity index (χ1) is 11.7. The standard InChI is InChI=1S/C17H14ClN3O3/c18-13-5-2-1-4-12(13)17(22)19-9-11-24-16-8-7-14(20-21-16)15-6-3-10-23-15/h1-8,10H,9,11H2,(H,19,22). The number of hydrogen-bond acceptors (Lipinski definition) is 5. The number of carbonyl (C=O) groups is 1. The van der Waals surface area contributed by atoms with Crippen molar-refractivity contribution in [3.8, 4) is 17.3 Å². The van der Waals surface area contributed by atoms with E-state index >= 15 is 0 Å². The second kappa shape index (κ2) is 7.61. The summed E-state index contributed by atoms with van der Waals surface area (Å²) < 4.78 is 10.7. The molecule has 6 nitrogen and oxygen atoms in total. The lowest BCUT2D eigenvalue weighted by molar-refractivity contribution is 0.0946. The molecule has 2 aromatic heterocycles. The average molecular weight is 344 g/mol. The molecule has 0 atom stereocenters. The molecule has 7 heteroatoms. The van der Waals surface area contributed by atoms with Gasteiger partial charge in [0.1, 0.15) is 12.3 Å². The van der Waals surface area contributed by atoms with Crippen molar-refractivity contribution >= 4 is 17.5 Å². The zero-order chi connectivity index (χ0) is 16.8. The van der Waals surface area contributed by atoms with Crippen LogP contribution in [-0.2, 0) is 0 Å². The van der Waals surface area contributed by atoms with E-state index in [1.165, 1.54) is 0 Å². The van der Waals surface area contributed by atoms with Crippen LogP contribution in [0.4, 0.5) is 0 Å². The molecule has 0 aliphatic rings. The van der Waals surface area contributed by atoms with Crippen LogP contribution >= 0.6 is 11.6 Å². The molecule has 0 bridgehead atoms. The molecule has 0 fully saturated rings. The van der Waals surface area contributed by atoms with Gasteiger partial charge in [-0.25, -0.2) is 0 Å². The van der Waals surface area contributed by atoms with Crippen LogP contribution in [0.15, 0.2) is 59.2 Å². The molecule has 1 aromatic carbocycles. The maximum Gasteiger partial charge on any atom is 0.252 e. The summed E-state index contributed by atoms with van der Waals surface area (Å²) in [5, 5.41) is 11.1. The fourth-order valence-corrected chi connectivity index (χ4v) is 2.24. The molecule has 0 saturated heterocycles. The first kappa shape index (κ1) is 16.0. The van der Waals surface area contributed by atoms with Gasteiger partial charge in [-0.05, 0) is 30.3 Å². The smallest absolute Gasteiger partial charge is 0.252 e. The predicted octanol–water partition coefficient (Wildman–Crippen LogP) is 3.20. The Morgan fingerprint density at radius 3 is 2.71 bits per heavy atom. The number of ether oxygens (including phenoxy) is 1. The van der Waals surface area contributed by atoms with Crippen LogP contribution in [0.1, 0.15) is 10.4 Å². The molecule has 2 heterocycles. The number of benzene rings is 1. The van der Waals surface area contributed by atoms with Crippen LogP contribution in [0.5, 0.6) is 5.88 Å². The summed E-state index contributed by atoms with van der Waals surface area (Å²) in [4.78, 5) is 12.0. The van der Waals surface area contributed by atoms with Gasteiger partial charge in [-0.15, -0.1) is 10.2 Å². The van der Waals surface area contributed by atoms with Gasteiger partial charge >= 0.3 is 0 Å². The first-order valence-electron chi connectivity index (χ1n) is 7.27. The van der Waals surface area contributed by atoms with E-state index in [0.29, 0.717) is 34.5 Å².